The fourth-order valence-electron chi connectivity index (χ4n) is 2.77. The zero-order chi connectivity index (χ0) is 17.3. The summed E-state index contributed by atoms with van der Waals surface area (Å²) in [5, 5.41) is 5.64. The number of rotatable bonds is 7. The molecular weight excluding hydrogens is 320 g/mol. The Bertz CT molecular complexity index is 626. The van der Waals surface area contributed by atoms with Gasteiger partial charge in [-0.15, -0.1) is 0 Å². The minimum absolute atomic E-state index is 0.164. The van der Waals surface area contributed by atoms with Crippen molar-refractivity contribution in [2.45, 2.75) is 13.0 Å². The van der Waals surface area contributed by atoms with Crippen molar-refractivity contribution in [1.82, 2.24) is 25.5 Å². The molecular formula is C17H24N6O2. The molecule has 3 rings (SSSR count). The number of carbonyl (C=O) groups excluding carboxylic acids is 1. The quantitative estimate of drug-likeness (QED) is 0.731. The predicted molar refractivity (Wildman–Crippen MR) is 94.2 cm³/mol. The highest BCUT2D eigenvalue weighted by molar-refractivity contribution is 5.73. The summed E-state index contributed by atoms with van der Waals surface area (Å²) in [6.45, 7) is 5.88. The monoisotopic (exact) mass is 344 g/mol. The predicted octanol–water partition coefficient (Wildman–Crippen LogP) is 1.08. The van der Waals surface area contributed by atoms with Gasteiger partial charge in [-0.05, 0) is 31.2 Å². The van der Waals surface area contributed by atoms with E-state index < -0.39 is 0 Å². The zero-order valence-corrected chi connectivity index (χ0v) is 14.2. The van der Waals surface area contributed by atoms with Crippen molar-refractivity contribution in [1.29, 1.82) is 0 Å². The van der Waals surface area contributed by atoms with E-state index >= 15 is 0 Å². The lowest BCUT2D eigenvalue weighted by Gasteiger charge is -2.34. The van der Waals surface area contributed by atoms with E-state index in [0.717, 1.165) is 50.9 Å². The number of nitrogens with zero attached hydrogens (tertiary/aromatic N) is 4. The van der Waals surface area contributed by atoms with E-state index in [2.05, 4.69) is 30.4 Å². The topological polar surface area (TPSA) is 86.5 Å². The maximum absolute atomic E-state index is 11.7. The molecule has 8 heteroatoms. The van der Waals surface area contributed by atoms with Gasteiger partial charge in [0.2, 0.25) is 5.95 Å². The second-order valence-electron chi connectivity index (χ2n) is 5.92. The summed E-state index contributed by atoms with van der Waals surface area (Å²) in [5.41, 5.74) is 0. The number of carbonyl (C=O) groups is 1. The van der Waals surface area contributed by atoms with Crippen LogP contribution in [0.5, 0.6) is 0 Å². The first kappa shape index (κ1) is 17.2. The Morgan fingerprint density at radius 3 is 2.64 bits per heavy atom. The average Bonchev–Trinajstić information content (AvgIpc) is 3.18. The maximum atomic E-state index is 11.7. The smallest absolute Gasteiger partial charge is 0.315 e. The van der Waals surface area contributed by atoms with Crippen molar-refractivity contribution < 1.29 is 9.21 Å². The molecule has 0 aromatic carbocycles. The molecule has 0 atom stereocenters. The number of furan rings is 1. The SMILES string of the molecule is O=C(NCCCN1CCN(c2ncccn2)CC1)NCc1ccco1. The van der Waals surface area contributed by atoms with Crippen LogP contribution >= 0.6 is 0 Å². The molecule has 1 saturated heterocycles. The van der Waals surface area contributed by atoms with E-state index in [4.69, 9.17) is 4.42 Å². The number of hydrogen-bond donors (Lipinski definition) is 2. The molecule has 3 heterocycles. The van der Waals surface area contributed by atoms with Crippen LogP contribution < -0.4 is 15.5 Å². The first-order valence-electron chi connectivity index (χ1n) is 8.59. The Kier molecular flexibility index (Phi) is 6.22. The number of hydrogen-bond acceptors (Lipinski definition) is 6. The van der Waals surface area contributed by atoms with Gasteiger partial charge in [0.15, 0.2) is 0 Å². The lowest BCUT2D eigenvalue weighted by atomic mass is 10.3. The molecule has 0 radical (unpaired) electrons. The Labute approximate surface area is 147 Å². The van der Waals surface area contributed by atoms with E-state index in [1.807, 2.05) is 12.1 Å². The highest BCUT2D eigenvalue weighted by Gasteiger charge is 2.18. The zero-order valence-electron chi connectivity index (χ0n) is 14.2. The summed E-state index contributed by atoms with van der Waals surface area (Å²) in [7, 11) is 0. The molecule has 2 aromatic heterocycles. The maximum Gasteiger partial charge on any atom is 0.315 e. The van der Waals surface area contributed by atoms with Gasteiger partial charge >= 0.3 is 6.03 Å². The largest absolute Gasteiger partial charge is 0.467 e. The van der Waals surface area contributed by atoms with E-state index in [1.54, 1.807) is 24.7 Å². The van der Waals surface area contributed by atoms with E-state index in [0.29, 0.717) is 13.1 Å². The van der Waals surface area contributed by atoms with Gasteiger partial charge in [0.25, 0.3) is 0 Å². The number of urea groups is 1. The lowest BCUT2D eigenvalue weighted by molar-refractivity contribution is 0.234. The summed E-state index contributed by atoms with van der Waals surface area (Å²) in [6, 6.07) is 5.30. The van der Waals surface area contributed by atoms with E-state index in [1.165, 1.54) is 0 Å². The van der Waals surface area contributed by atoms with Crippen LogP contribution in [-0.4, -0.2) is 60.2 Å². The first-order chi connectivity index (χ1) is 12.3. The van der Waals surface area contributed by atoms with Crippen molar-refractivity contribution >= 4 is 12.0 Å². The van der Waals surface area contributed by atoms with Gasteiger partial charge in [0.05, 0.1) is 12.8 Å². The Balaban J connectivity index is 1.26. The van der Waals surface area contributed by atoms with Gasteiger partial charge in [-0.25, -0.2) is 14.8 Å². The van der Waals surface area contributed by atoms with Gasteiger partial charge in [-0.3, -0.25) is 4.90 Å². The first-order valence-corrected chi connectivity index (χ1v) is 8.59. The van der Waals surface area contributed by atoms with Crippen LogP contribution in [0.2, 0.25) is 0 Å². The number of nitrogens with one attached hydrogen (secondary N) is 2. The van der Waals surface area contributed by atoms with Gasteiger partial charge in [0.1, 0.15) is 5.76 Å². The third-order valence-corrected chi connectivity index (χ3v) is 4.15. The number of amides is 2. The van der Waals surface area contributed by atoms with Crippen molar-refractivity contribution in [3.63, 3.8) is 0 Å². The molecule has 0 unspecified atom stereocenters. The van der Waals surface area contributed by atoms with Crippen LogP contribution in [0.25, 0.3) is 0 Å². The fourth-order valence-corrected chi connectivity index (χ4v) is 2.77. The molecule has 2 N–H and O–H groups in total. The standard InChI is InChI=1S/C17H24N6O2/c24-17(21-14-15-4-1-13-25-15)20-7-3-8-22-9-11-23(12-10-22)16-18-5-2-6-19-16/h1-2,4-6,13H,3,7-12,14H2,(H2,20,21,24). The van der Waals surface area contributed by atoms with Crippen LogP contribution in [-0.2, 0) is 6.54 Å². The van der Waals surface area contributed by atoms with E-state index in [9.17, 15) is 4.79 Å². The number of aromatic nitrogens is 2. The number of anilines is 1. The van der Waals surface area contributed by atoms with Crippen molar-refractivity contribution in [3.05, 3.63) is 42.6 Å². The van der Waals surface area contributed by atoms with Crippen LogP contribution in [0.1, 0.15) is 12.2 Å². The minimum atomic E-state index is -0.164. The number of piperazine rings is 1. The van der Waals surface area contributed by atoms with Gasteiger partial charge in [-0.2, -0.15) is 0 Å². The van der Waals surface area contributed by atoms with E-state index in [-0.39, 0.29) is 6.03 Å². The normalized spacial score (nSPS) is 15.1. The molecule has 8 nitrogen and oxygen atoms in total. The summed E-state index contributed by atoms with van der Waals surface area (Å²) < 4.78 is 5.17. The molecule has 1 aliphatic heterocycles. The summed E-state index contributed by atoms with van der Waals surface area (Å²) in [5.74, 6) is 1.55. The summed E-state index contributed by atoms with van der Waals surface area (Å²) in [6.07, 6.45) is 6.07. The molecule has 1 fully saturated rings. The average molecular weight is 344 g/mol. The van der Waals surface area contributed by atoms with Gasteiger partial charge in [0, 0.05) is 45.1 Å². The molecule has 0 spiro atoms. The van der Waals surface area contributed by atoms with Crippen LogP contribution in [0, 0.1) is 0 Å². The molecule has 0 aliphatic carbocycles. The van der Waals surface area contributed by atoms with Crippen molar-refractivity contribution in [2.75, 3.05) is 44.2 Å². The third-order valence-electron chi connectivity index (χ3n) is 4.15. The molecule has 2 aromatic rings. The highest BCUT2D eigenvalue weighted by Crippen LogP contribution is 2.09. The van der Waals surface area contributed by atoms with Crippen LogP contribution in [0.3, 0.4) is 0 Å². The molecule has 0 saturated carbocycles. The summed E-state index contributed by atoms with van der Waals surface area (Å²) in [4.78, 5) is 24.9. The third kappa shape index (κ3) is 5.46. The Morgan fingerprint density at radius 2 is 1.92 bits per heavy atom. The Morgan fingerprint density at radius 1 is 1.12 bits per heavy atom. The molecule has 2 amide bonds. The van der Waals surface area contributed by atoms with Gasteiger partial charge in [-0.1, -0.05) is 0 Å². The van der Waals surface area contributed by atoms with Crippen molar-refractivity contribution in [2.24, 2.45) is 0 Å². The van der Waals surface area contributed by atoms with Crippen LogP contribution in [0.4, 0.5) is 10.7 Å². The second-order valence-corrected chi connectivity index (χ2v) is 5.92. The second kappa shape index (κ2) is 9.03. The minimum Gasteiger partial charge on any atom is -0.467 e. The Hall–Kier alpha value is -2.61. The fraction of sp³-hybridized carbons (Fsp3) is 0.471. The molecule has 25 heavy (non-hydrogen) atoms. The van der Waals surface area contributed by atoms with Crippen molar-refractivity contribution in [3.8, 4) is 0 Å². The molecule has 134 valence electrons. The summed E-state index contributed by atoms with van der Waals surface area (Å²) >= 11 is 0. The molecule has 0 bridgehead atoms. The molecule has 1 aliphatic rings. The lowest BCUT2D eigenvalue weighted by Crippen LogP contribution is -2.47. The van der Waals surface area contributed by atoms with Gasteiger partial charge < -0.3 is 20.0 Å². The highest BCUT2D eigenvalue weighted by atomic mass is 16.3. The van der Waals surface area contributed by atoms with Crippen LogP contribution in [0.15, 0.2) is 41.3 Å².